The number of carbonyl (C=O) groups is 1. The van der Waals surface area contributed by atoms with Crippen molar-refractivity contribution in [1.29, 1.82) is 0 Å². The quantitative estimate of drug-likeness (QED) is 0.685. The molecule has 0 aliphatic heterocycles. The molecular formula is C8H8N2O2S. The lowest BCUT2D eigenvalue weighted by Crippen LogP contribution is -2.07. The summed E-state index contributed by atoms with van der Waals surface area (Å²) in [6, 6.07) is 1.85. The van der Waals surface area contributed by atoms with E-state index in [0.717, 1.165) is 4.83 Å². The van der Waals surface area contributed by atoms with Crippen LogP contribution in [0.4, 0.5) is 0 Å². The molecule has 0 fully saturated rings. The predicted octanol–water partition coefficient (Wildman–Crippen LogP) is 1.57. The summed E-state index contributed by atoms with van der Waals surface area (Å²) in [5, 5.41) is 5.76. The summed E-state index contributed by atoms with van der Waals surface area (Å²) >= 11 is 1.47. The lowest BCUT2D eigenvalue weighted by molar-refractivity contribution is 0.0517. The summed E-state index contributed by atoms with van der Waals surface area (Å²) in [7, 11) is 0. The lowest BCUT2D eigenvalue weighted by Gasteiger charge is -1.97. The van der Waals surface area contributed by atoms with Crippen LogP contribution < -0.4 is 0 Å². The first-order valence-electron chi connectivity index (χ1n) is 3.91. The van der Waals surface area contributed by atoms with E-state index in [0.29, 0.717) is 12.3 Å². The van der Waals surface area contributed by atoms with Crippen molar-refractivity contribution in [3.05, 3.63) is 23.3 Å². The zero-order chi connectivity index (χ0) is 9.26. The van der Waals surface area contributed by atoms with Crippen molar-refractivity contribution in [3.8, 4) is 0 Å². The number of carbonyl (C=O) groups excluding carboxylic acids is 1. The first-order valence-corrected chi connectivity index (χ1v) is 4.79. The topological polar surface area (TPSA) is 43.6 Å². The third-order valence-electron chi connectivity index (χ3n) is 1.61. The highest BCUT2D eigenvalue weighted by molar-refractivity contribution is 7.15. The number of esters is 1. The van der Waals surface area contributed by atoms with Crippen LogP contribution in [0.1, 0.15) is 17.4 Å². The minimum absolute atomic E-state index is 0.322. The van der Waals surface area contributed by atoms with Crippen molar-refractivity contribution in [1.82, 2.24) is 9.61 Å². The molecule has 2 heterocycles. The maximum atomic E-state index is 11.3. The molecule has 5 heteroatoms. The predicted molar refractivity (Wildman–Crippen MR) is 49.0 cm³/mol. The second-order valence-corrected chi connectivity index (χ2v) is 3.31. The average Bonchev–Trinajstić information content (AvgIpc) is 2.62. The van der Waals surface area contributed by atoms with Crippen LogP contribution in [0.25, 0.3) is 4.83 Å². The van der Waals surface area contributed by atoms with Crippen LogP contribution in [0, 0.1) is 0 Å². The van der Waals surface area contributed by atoms with Crippen LogP contribution in [0.2, 0.25) is 0 Å². The Morgan fingerprint density at radius 3 is 3.38 bits per heavy atom. The summed E-state index contributed by atoms with van der Waals surface area (Å²) in [5.41, 5.74) is 0.492. The van der Waals surface area contributed by atoms with E-state index in [1.54, 1.807) is 23.0 Å². The fourth-order valence-corrected chi connectivity index (χ4v) is 1.88. The first kappa shape index (κ1) is 8.25. The molecule has 0 aromatic carbocycles. The van der Waals surface area contributed by atoms with Gasteiger partial charge in [-0.3, -0.25) is 0 Å². The number of hydrogen-bond acceptors (Lipinski definition) is 4. The number of fused-ring (bicyclic) bond motifs is 1. The number of nitrogens with zero attached hydrogens (tertiary/aromatic N) is 2. The van der Waals surface area contributed by atoms with Gasteiger partial charge in [0.25, 0.3) is 0 Å². The molecule has 13 heavy (non-hydrogen) atoms. The van der Waals surface area contributed by atoms with Crippen molar-refractivity contribution in [2.75, 3.05) is 6.61 Å². The lowest BCUT2D eigenvalue weighted by atomic mass is 10.5. The number of aromatic nitrogens is 2. The highest BCUT2D eigenvalue weighted by atomic mass is 32.1. The zero-order valence-electron chi connectivity index (χ0n) is 7.06. The summed E-state index contributed by atoms with van der Waals surface area (Å²) in [6.07, 6.45) is 1.66. The standard InChI is InChI=1S/C8H8N2O2S/c1-2-12-8(11)6-5-13-7-3-4-9-10(6)7/h3-5H,2H2,1H3. The van der Waals surface area contributed by atoms with Gasteiger partial charge >= 0.3 is 5.97 Å². The Kier molecular flexibility index (Phi) is 2.02. The maximum absolute atomic E-state index is 11.3. The van der Waals surface area contributed by atoms with Gasteiger partial charge < -0.3 is 4.74 Å². The molecule has 68 valence electrons. The number of hydrogen-bond donors (Lipinski definition) is 0. The minimum atomic E-state index is -0.322. The molecule has 4 nitrogen and oxygen atoms in total. The van der Waals surface area contributed by atoms with E-state index in [1.807, 2.05) is 6.07 Å². The smallest absolute Gasteiger partial charge is 0.357 e. The van der Waals surface area contributed by atoms with E-state index in [9.17, 15) is 4.79 Å². The number of thiazole rings is 1. The molecular weight excluding hydrogens is 188 g/mol. The Balaban J connectivity index is 2.42. The molecule has 0 spiro atoms. The van der Waals surface area contributed by atoms with E-state index in [4.69, 9.17) is 4.74 Å². The Bertz CT molecular complexity index is 432. The van der Waals surface area contributed by atoms with Crippen LogP contribution in [0.3, 0.4) is 0 Å². The molecule has 2 rings (SSSR count). The highest BCUT2D eigenvalue weighted by Gasteiger charge is 2.12. The largest absolute Gasteiger partial charge is 0.461 e. The third-order valence-corrected chi connectivity index (χ3v) is 2.50. The molecule has 0 saturated carbocycles. The molecule has 0 aliphatic carbocycles. The average molecular weight is 196 g/mol. The normalized spacial score (nSPS) is 10.5. The Morgan fingerprint density at radius 1 is 1.77 bits per heavy atom. The van der Waals surface area contributed by atoms with Gasteiger partial charge in [0, 0.05) is 5.38 Å². The SMILES string of the molecule is CCOC(=O)c1csc2ccnn12. The van der Waals surface area contributed by atoms with Gasteiger partial charge in [0.2, 0.25) is 0 Å². The van der Waals surface area contributed by atoms with Crippen molar-refractivity contribution < 1.29 is 9.53 Å². The summed E-state index contributed by atoms with van der Waals surface area (Å²) in [6.45, 7) is 2.17. The van der Waals surface area contributed by atoms with Gasteiger partial charge in [-0.25, -0.2) is 9.31 Å². The highest BCUT2D eigenvalue weighted by Crippen LogP contribution is 2.15. The maximum Gasteiger partial charge on any atom is 0.357 e. The van der Waals surface area contributed by atoms with Crippen LogP contribution in [-0.2, 0) is 4.74 Å². The zero-order valence-corrected chi connectivity index (χ0v) is 7.87. The fraction of sp³-hybridized carbons (Fsp3) is 0.250. The molecule has 0 saturated heterocycles. The first-order chi connectivity index (χ1) is 6.33. The second kappa shape index (κ2) is 3.18. The van der Waals surface area contributed by atoms with Gasteiger partial charge in [-0.15, -0.1) is 11.3 Å². The van der Waals surface area contributed by atoms with Gasteiger partial charge in [0.05, 0.1) is 12.8 Å². The molecule has 0 radical (unpaired) electrons. The molecule has 0 N–H and O–H groups in total. The van der Waals surface area contributed by atoms with Crippen LogP contribution in [0.15, 0.2) is 17.6 Å². The summed E-state index contributed by atoms with van der Waals surface area (Å²) in [4.78, 5) is 12.3. The minimum Gasteiger partial charge on any atom is -0.461 e. The van der Waals surface area contributed by atoms with E-state index in [1.165, 1.54) is 11.3 Å². The van der Waals surface area contributed by atoms with E-state index >= 15 is 0 Å². The van der Waals surface area contributed by atoms with Gasteiger partial charge in [-0.1, -0.05) is 0 Å². The van der Waals surface area contributed by atoms with Crippen LogP contribution >= 0.6 is 11.3 Å². The van der Waals surface area contributed by atoms with Crippen LogP contribution in [0.5, 0.6) is 0 Å². The van der Waals surface area contributed by atoms with Gasteiger partial charge in [0.15, 0.2) is 5.69 Å². The molecule has 0 aliphatic rings. The Morgan fingerprint density at radius 2 is 2.62 bits per heavy atom. The molecule has 2 aromatic rings. The fourth-order valence-electron chi connectivity index (χ4n) is 1.07. The second-order valence-electron chi connectivity index (χ2n) is 2.42. The van der Waals surface area contributed by atoms with Crippen molar-refractivity contribution >= 4 is 22.1 Å². The number of rotatable bonds is 2. The molecule has 0 bridgehead atoms. The summed E-state index contributed by atoms with van der Waals surface area (Å²) < 4.78 is 6.46. The monoisotopic (exact) mass is 196 g/mol. The van der Waals surface area contributed by atoms with Gasteiger partial charge in [0.1, 0.15) is 4.83 Å². The molecule has 0 unspecified atom stereocenters. The molecule has 2 aromatic heterocycles. The molecule has 0 atom stereocenters. The van der Waals surface area contributed by atoms with E-state index in [2.05, 4.69) is 5.10 Å². The Labute approximate surface area is 78.7 Å². The van der Waals surface area contributed by atoms with Crippen LogP contribution in [-0.4, -0.2) is 22.2 Å². The van der Waals surface area contributed by atoms with Crippen molar-refractivity contribution in [3.63, 3.8) is 0 Å². The van der Waals surface area contributed by atoms with Crippen molar-refractivity contribution in [2.45, 2.75) is 6.92 Å². The third kappa shape index (κ3) is 1.31. The summed E-state index contributed by atoms with van der Waals surface area (Å²) in [5.74, 6) is -0.322. The van der Waals surface area contributed by atoms with E-state index in [-0.39, 0.29) is 5.97 Å². The van der Waals surface area contributed by atoms with Gasteiger partial charge in [-0.2, -0.15) is 5.10 Å². The molecule has 0 amide bonds. The van der Waals surface area contributed by atoms with Crippen molar-refractivity contribution in [2.24, 2.45) is 0 Å². The Hall–Kier alpha value is -1.36. The van der Waals surface area contributed by atoms with Gasteiger partial charge in [-0.05, 0) is 13.0 Å². The number of ether oxygens (including phenoxy) is 1. The van der Waals surface area contributed by atoms with E-state index < -0.39 is 0 Å².